The summed E-state index contributed by atoms with van der Waals surface area (Å²) in [5, 5.41) is 2.82. The molecule has 1 atom stereocenters. The Bertz CT molecular complexity index is 750. The summed E-state index contributed by atoms with van der Waals surface area (Å²) < 4.78 is 11.3. The Balaban J connectivity index is 1.70. The number of likely N-dealkylation sites (N-methyl/N-ethyl adjacent to an activating group) is 1. The Kier molecular flexibility index (Phi) is 6.35. The van der Waals surface area contributed by atoms with Crippen LogP contribution in [0.2, 0.25) is 0 Å². The summed E-state index contributed by atoms with van der Waals surface area (Å²) in [4.78, 5) is 14.8. The number of hydrogen-bond acceptors (Lipinski definition) is 4. The van der Waals surface area contributed by atoms with Gasteiger partial charge in [-0.25, -0.2) is 4.79 Å². The maximum atomic E-state index is 12.5. The van der Waals surface area contributed by atoms with Crippen molar-refractivity contribution in [1.29, 1.82) is 0 Å². The Morgan fingerprint density at radius 1 is 1.15 bits per heavy atom. The van der Waals surface area contributed by atoms with Crippen LogP contribution in [-0.4, -0.2) is 44.3 Å². The number of hydrogen-bond donors (Lipinski definition) is 1. The predicted octanol–water partition coefficient (Wildman–Crippen LogP) is 4.30. The number of carbonyl (C=O) groups is 1. The molecule has 0 spiro atoms. The van der Waals surface area contributed by atoms with E-state index in [9.17, 15) is 4.79 Å². The van der Waals surface area contributed by atoms with Gasteiger partial charge in [-0.3, -0.25) is 5.32 Å². The SMILES string of the molecule is CCOc1ccccc1NC(=O)OCC1(c2ccccc2)CCCN(C)C1. The Morgan fingerprint density at radius 2 is 1.89 bits per heavy atom. The highest BCUT2D eigenvalue weighted by molar-refractivity contribution is 5.86. The van der Waals surface area contributed by atoms with Crippen molar-refractivity contribution < 1.29 is 14.3 Å². The van der Waals surface area contributed by atoms with Crippen LogP contribution in [0.5, 0.6) is 5.75 Å². The number of rotatable bonds is 6. The molecule has 0 bridgehead atoms. The normalized spacial score (nSPS) is 20.1. The molecule has 2 aromatic rings. The number of piperidine rings is 1. The van der Waals surface area contributed by atoms with E-state index in [1.54, 1.807) is 0 Å². The third-order valence-electron chi connectivity index (χ3n) is 5.06. The number of nitrogens with zero attached hydrogens (tertiary/aromatic N) is 1. The summed E-state index contributed by atoms with van der Waals surface area (Å²) in [5.74, 6) is 0.645. The van der Waals surface area contributed by atoms with Crippen LogP contribution in [0, 0.1) is 0 Å². The van der Waals surface area contributed by atoms with Crippen molar-refractivity contribution in [1.82, 2.24) is 4.90 Å². The van der Waals surface area contributed by atoms with Crippen molar-refractivity contribution in [3.63, 3.8) is 0 Å². The quantitative estimate of drug-likeness (QED) is 0.826. The number of likely N-dealkylation sites (tertiary alicyclic amines) is 1. The molecule has 3 rings (SSSR count). The van der Waals surface area contributed by atoms with Gasteiger partial charge in [0.25, 0.3) is 0 Å². The average molecular weight is 368 g/mol. The lowest BCUT2D eigenvalue weighted by molar-refractivity contribution is 0.0832. The van der Waals surface area contributed by atoms with Crippen LogP contribution in [0.15, 0.2) is 54.6 Å². The molecule has 0 aromatic heterocycles. The fourth-order valence-corrected chi connectivity index (χ4v) is 3.79. The highest BCUT2D eigenvalue weighted by atomic mass is 16.5. The van der Waals surface area contributed by atoms with E-state index < -0.39 is 6.09 Å². The third-order valence-corrected chi connectivity index (χ3v) is 5.06. The van der Waals surface area contributed by atoms with Gasteiger partial charge in [-0.05, 0) is 51.1 Å². The van der Waals surface area contributed by atoms with Crippen molar-refractivity contribution >= 4 is 11.8 Å². The molecule has 27 heavy (non-hydrogen) atoms. The minimum absolute atomic E-state index is 0.176. The smallest absolute Gasteiger partial charge is 0.411 e. The van der Waals surface area contributed by atoms with E-state index in [4.69, 9.17) is 9.47 Å². The number of amides is 1. The van der Waals surface area contributed by atoms with Crippen LogP contribution in [0.1, 0.15) is 25.3 Å². The molecule has 0 aliphatic carbocycles. The summed E-state index contributed by atoms with van der Waals surface area (Å²) in [6, 6.07) is 17.8. The van der Waals surface area contributed by atoms with Crippen LogP contribution in [-0.2, 0) is 10.2 Å². The van der Waals surface area contributed by atoms with Gasteiger partial charge in [0.2, 0.25) is 0 Å². The zero-order valence-corrected chi connectivity index (χ0v) is 16.1. The fourth-order valence-electron chi connectivity index (χ4n) is 3.79. The molecule has 0 saturated carbocycles. The standard InChI is InChI=1S/C22H28N2O3/c1-3-26-20-13-8-7-12-19(20)23-21(25)27-17-22(14-9-15-24(2)16-22)18-10-5-4-6-11-18/h4-8,10-13H,3,9,14-17H2,1-2H3,(H,23,25). The first-order valence-corrected chi connectivity index (χ1v) is 9.53. The zero-order chi connectivity index (χ0) is 19.1. The molecule has 144 valence electrons. The molecule has 5 heteroatoms. The maximum absolute atomic E-state index is 12.5. The van der Waals surface area contributed by atoms with Crippen LogP contribution in [0.3, 0.4) is 0 Å². The highest BCUT2D eigenvalue weighted by Crippen LogP contribution is 2.34. The molecule has 1 saturated heterocycles. The summed E-state index contributed by atoms with van der Waals surface area (Å²) in [6.07, 6.45) is 1.64. The van der Waals surface area contributed by atoms with Crippen molar-refractivity contribution in [2.24, 2.45) is 0 Å². The largest absolute Gasteiger partial charge is 0.492 e. The maximum Gasteiger partial charge on any atom is 0.411 e. The van der Waals surface area contributed by atoms with E-state index in [1.165, 1.54) is 5.56 Å². The van der Waals surface area contributed by atoms with Gasteiger partial charge in [0.15, 0.2) is 0 Å². The Morgan fingerprint density at radius 3 is 2.63 bits per heavy atom. The van der Waals surface area contributed by atoms with Crippen molar-refractivity contribution in [3.8, 4) is 5.75 Å². The number of nitrogens with one attached hydrogen (secondary N) is 1. The van der Waals surface area contributed by atoms with E-state index in [2.05, 4.69) is 29.4 Å². The average Bonchev–Trinajstić information content (AvgIpc) is 2.69. The lowest BCUT2D eigenvalue weighted by atomic mass is 9.75. The number of para-hydroxylation sites is 2. The number of benzene rings is 2. The highest BCUT2D eigenvalue weighted by Gasteiger charge is 2.37. The molecule has 1 heterocycles. The Hall–Kier alpha value is -2.53. The monoisotopic (exact) mass is 368 g/mol. The van der Waals surface area contributed by atoms with Gasteiger partial charge in [0.1, 0.15) is 12.4 Å². The predicted molar refractivity (Wildman–Crippen MR) is 107 cm³/mol. The molecular formula is C22H28N2O3. The van der Waals surface area contributed by atoms with Crippen LogP contribution in [0.4, 0.5) is 10.5 Å². The summed E-state index contributed by atoms with van der Waals surface area (Å²) in [5.41, 5.74) is 1.67. The van der Waals surface area contributed by atoms with Gasteiger partial charge in [-0.15, -0.1) is 0 Å². The van der Waals surface area contributed by atoms with Gasteiger partial charge in [0, 0.05) is 12.0 Å². The molecule has 0 radical (unpaired) electrons. The summed E-state index contributed by atoms with van der Waals surface area (Å²) in [7, 11) is 2.12. The lowest BCUT2D eigenvalue weighted by Gasteiger charge is -2.41. The van der Waals surface area contributed by atoms with Crippen LogP contribution in [0.25, 0.3) is 0 Å². The van der Waals surface area contributed by atoms with E-state index in [1.807, 2.05) is 49.4 Å². The molecule has 5 nitrogen and oxygen atoms in total. The third kappa shape index (κ3) is 4.80. The van der Waals surface area contributed by atoms with Gasteiger partial charge in [-0.2, -0.15) is 0 Å². The number of carbonyl (C=O) groups excluding carboxylic acids is 1. The molecule has 1 fully saturated rings. The fraction of sp³-hybridized carbons (Fsp3) is 0.409. The Labute approximate surface area is 161 Å². The van der Waals surface area contributed by atoms with E-state index in [0.29, 0.717) is 24.7 Å². The first kappa shape index (κ1) is 19.2. The molecule has 1 amide bonds. The first-order chi connectivity index (χ1) is 13.1. The van der Waals surface area contributed by atoms with E-state index in [0.717, 1.165) is 25.9 Å². The second-order valence-corrected chi connectivity index (χ2v) is 7.12. The molecular weight excluding hydrogens is 340 g/mol. The van der Waals surface area contributed by atoms with E-state index >= 15 is 0 Å². The van der Waals surface area contributed by atoms with E-state index in [-0.39, 0.29) is 5.41 Å². The minimum Gasteiger partial charge on any atom is -0.492 e. The van der Waals surface area contributed by atoms with Gasteiger partial charge in [-0.1, -0.05) is 42.5 Å². The van der Waals surface area contributed by atoms with Gasteiger partial charge < -0.3 is 14.4 Å². The molecule has 1 unspecified atom stereocenters. The van der Waals surface area contributed by atoms with Crippen molar-refractivity contribution in [3.05, 3.63) is 60.2 Å². The second kappa shape index (κ2) is 8.91. The summed E-state index contributed by atoms with van der Waals surface area (Å²) in [6.45, 7) is 4.75. The minimum atomic E-state index is -0.453. The van der Waals surface area contributed by atoms with Crippen LogP contribution >= 0.6 is 0 Å². The second-order valence-electron chi connectivity index (χ2n) is 7.12. The first-order valence-electron chi connectivity index (χ1n) is 9.53. The van der Waals surface area contributed by atoms with Gasteiger partial charge >= 0.3 is 6.09 Å². The zero-order valence-electron chi connectivity index (χ0n) is 16.1. The molecule has 1 aliphatic rings. The molecule has 1 N–H and O–H groups in total. The van der Waals surface area contributed by atoms with Crippen molar-refractivity contribution in [2.75, 3.05) is 38.7 Å². The summed E-state index contributed by atoms with van der Waals surface area (Å²) >= 11 is 0. The lowest BCUT2D eigenvalue weighted by Crippen LogP contribution is -2.47. The number of ether oxygens (including phenoxy) is 2. The van der Waals surface area contributed by atoms with Crippen LogP contribution < -0.4 is 10.1 Å². The molecule has 2 aromatic carbocycles. The van der Waals surface area contributed by atoms with Gasteiger partial charge in [0.05, 0.1) is 12.3 Å². The topological polar surface area (TPSA) is 50.8 Å². The van der Waals surface area contributed by atoms with Crippen molar-refractivity contribution in [2.45, 2.75) is 25.2 Å². The molecule has 1 aliphatic heterocycles. The number of anilines is 1.